The molecule has 2 rings (SSSR count). The summed E-state index contributed by atoms with van der Waals surface area (Å²) in [6.45, 7) is 0. The molecule has 0 spiro atoms. The largest absolute Gasteiger partial charge is 0.478 e. The lowest BCUT2D eigenvalue weighted by molar-refractivity contribution is 0.0696. The van der Waals surface area contributed by atoms with Gasteiger partial charge in [0.05, 0.1) is 15.7 Å². The Balaban J connectivity index is 2.53. The maximum absolute atomic E-state index is 11.9. The summed E-state index contributed by atoms with van der Waals surface area (Å²) in [5.74, 6) is -1.19. The Labute approximate surface area is 97.8 Å². The van der Waals surface area contributed by atoms with Crippen molar-refractivity contribution in [2.75, 3.05) is 0 Å². The topological polar surface area (TPSA) is 71.4 Å². The third-order valence-electron chi connectivity index (χ3n) is 2.41. The van der Waals surface area contributed by atoms with Gasteiger partial charge in [-0.15, -0.1) is 0 Å². The highest BCUT2D eigenvalue weighted by molar-refractivity contribution is 7.92. The molecule has 1 N–H and O–H groups in total. The van der Waals surface area contributed by atoms with Gasteiger partial charge in [-0.3, -0.25) is 0 Å². The highest BCUT2D eigenvalue weighted by Crippen LogP contribution is 2.34. The number of aromatic carboxylic acids is 1. The molecule has 0 radical (unpaired) electrons. The minimum atomic E-state index is -3.39. The van der Waals surface area contributed by atoms with Gasteiger partial charge in [0.1, 0.15) is 0 Å². The third-order valence-corrected chi connectivity index (χ3v) is 4.87. The van der Waals surface area contributed by atoms with Crippen molar-refractivity contribution >= 4 is 27.4 Å². The molecule has 1 aliphatic carbocycles. The van der Waals surface area contributed by atoms with Gasteiger partial charge in [0.2, 0.25) is 0 Å². The van der Waals surface area contributed by atoms with Crippen LogP contribution in [0.5, 0.6) is 0 Å². The van der Waals surface area contributed by atoms with E-state index < -0.39 is 15.8 Å². The summed E-state index contributed by atoms with van der Waals surface area (Å²) in [6.07, 6.45) is 1.27. The summed E-state index contributed by atoms with van der Waals surface area (Å²) in [4.78, 5) is 10.8. The minimum Gasteiger partial charge on any atom is -0.478 e. The first-order chi connectivity index (χ1) is 7.41. The highest BCUT2D eigenvalue weighted by atomic mass is 35.5. The van der Waals surface area contributed by atoms with Crippen molar-refractivity contribution in [1.82, 2.24) is 0 Å². The van der Waals surface area contributed by atoms with Crippen molar-refractivity contribution < 1.29 is 18.3 Å². The molecule has 1 fully saturated rings. The van der Waals surface area contributed by atoms with E-state index in [9.17, 15) is 13.2 Å². The first-order valence-electron chi connectivity index (χ1n) is 4.69. The Morgan fingerprint density at radius 3 is 2.44 bits per heavy atom. The Morgan fingerprint density at radius 2 is 1.94 bits per heavy atom. The van der Waals surface area contributed by atoms with Gasteiger partial charge in [-0.05, 0) is 31.0 Å². The lowest BCUT2D eigenvalue weighted by atomic mass is 10.2. The fourth-order valence-electron chi connectivity index (χ4n) is 1.42. The fourth-order valence-corrected chi connectivity index (χ4v) is 3.45. The van der Waals surface area contributed by atoms with E-state index in [-0.39, 0.29) is 20.7 Å². The number of hydrogen-bond acceptors (Lipinski definition) is 3. The van der Waals surface area contributed by atoms with E-state index in [1.54, 1.807) is 0 Å². The van der Waals surface area contributed by atoms with Gasteiger partial charge < -0.3 is 5.11 Å². The van der Waals surface area contributed by atoms with Crippen molar-refractivity contribution in [3.05, 3.63) is 28.8 Å². The van der Waals surface area contributed by atoms with Gasteiger partial charge in [0.15, 0.2) is 9.84 Å². The van der Waals surface area contributed by atoms with Crippen molar-refractivity contribution in [2.24, 2.45) is 0 Å². The molecule has 1 saturated carbocycles. The number of carboxylic acid groups (broad SMARTS) is 1. The third kappa shape index (κ3) is 2.05. The lowest BCUT2D eigenvalue weighted by Gasteiger charge is -2.04. The van der Waals surface area contributed by atoms with Crippen LogP contribution in [-0.2, 0) is 9.84 Å². The molecule has 0 saturated heterocycles. The molecule has 1 aliphatic rings. The molecular formula is C10H9ClO4S. The van der Waals surface area contributed by atoms with Gasteiger partial charge in [-0.1, -0.05) is 11.6 Å². The summed E-state index contributed by atoms with van der Waals surface area (Å²) in [6, 6.07) is 3.68. The predicted molar refractivity (Wildman–Crippen MR) is 58.6 cm³/mol. The van der Waals surface area contributed by atoms with Gasteiger partial charge in [-0.25, -0.2) is 13.2 Å². The van der Waals surface area contributed by atoms with Crippen molar-refractivity contribution in [3.8, 4) is 0 Å². The van der Waals surface area contributed by atoms with E-state index in [2.05, 4.69) is 0 Å². The van der Waals surface area contributed by atoms with E-state index in [0.29, 0.717) is 12.8 Å². The van der Waals surface area contributed by atoms with Gasteiger partial charge in [-0.2, -0.15) is 0 Å². The van der Waals surface area contributed by atoms with Crippen molar-refractivity contribution in [3.63, 3.8) is 0 Å². The number of hydrogen-bond donors (Lipinski definition) is 1. The monoisotopic (exact) mass is 260 g/mol. The van der Waals surface area contributed by atoms with Crippen molar-refractivity contribution in [2.45, 2.75) is 23.0 Å². The zero-order valence-corrected chi connectivity index (χ0v) is 9.75. The van der Waals surface area contributed by atoms with Crippen LogP contribution in [0.4, 0.5) is 0 Å². The summed E-state index contributed by atoms with van der Waals surface area (Å²) < 4.78 is 23.7. The van der Waals surface area contributed by atoms with Crippen LogP contribution < -0.4 is 0 Å². The molecule has 0 atom stereocenters. The van der Waals surface area contributed by atoms with Crippen LogP contribution in [0.2, 0.25) is 5.02 Å². The number of halogens is 1. The molecule has 4 nitrogen and oxygen atoms in total. The molecule has 1 aromatic carbocycles. The van der Waals surface area contributed by atoms with Crippen LogP contribution in [0.25, 0.3) is 0 Å². The lowest BCUT2D eigenvalue weighted by Crippen LogP contribution is -2.08. The van der Waals surface area contributed by atoms with Crippen LogP contribution in [0.1, 0.15) is 23.2 Å². The quantitative estimate of drug-likeness (QED) is 0.902. The van der Waals surface area contributed by atoms with Crippen LogP contribution in [-0.4, -0.2) is 24.7 Å². The average molecular weight is 261 g/mol. The fraction of sp³-hybridized carbons (Fsp3) is 0.300. The van der Waals surface area contributed by atoms with Crippen LogP contribution >= 0.6 is 11.6 Å². The number of carboxylic acids is 1. The number of carbonyl (C=O) groups is 1. The average Bonchev–Trinajstić information content (AvgIpc) is 2.99. The van der Waals surface area contributed by atoms with E-state index >= 15 is 0 Å². The zero-order valence-electron chi connectivity index (χ0n) is 8.18. The van der Waals surface area contributed by atoms with Gasteiger partial charge >= 0.3 is 5.97 Å². The number of sulfone groups is 1. The smallest absolute Gasteiger partial charge is 0.335 e. The minimum absolute atomic E-state index is 0.0000926. The first kappa shape index (κ1) is 11.4. The second kappa shape index (κ2) is 3.75. The molecule has 1 aromatic rings. The van der Waals surface area contributed by atoms with Crippen LogP contribution in [0.15, 0.2) is 23.1 Å². The summed E-state index contributed by atoms with van der Waals surface area (Å²) >= 11 is 5.70. The molecule has 0 unspecified atom stereocenters. The van der Waals surface area contributed by atoms with Gasteiger partial charge in [0.25, 0.3) is 0 Å². The number of rotatable bonds is 3. The highest BCUT2D eigenvalue weighted by Gasteiger charge is 2.37. The van der Waals surface area contributed by atoms with E-state index in [1.165, 1.54) is 12.1 Å². The normalized spacial score (nSPS) is 16.1. The maximum atomic E-state index is 11.9. The molecular weight excluding hydrogens is 252 g/mol. The Kier molecular flexibility index (Phi) is 2.67. The second-order valence-corrected chi connectivity index (χ2v) is 6.39. The molecule has 6 heteroatoms. The predicted octanol–water partition coefficient (Wildman–Crippen LogP) is 1.97. The number of benzene rings is 1. The zero-order chi connectivity index (χ0) is 11.9. The standard InChI is InChI=1S/C10H9ClO4S/c11-7-3-6(10(12)13)4-9(5-7)16(14,15)8-1-2-8/h3-5,8H,1-2H2,(H,12,13). The summed E-state index contributed by atoms with van der Waals surface area (Å²) in [7, 11) is -3.39. The maximum Gasteiger partial charge on any atom is 0.335 e. The van der Waals surface area contributed by atoms with E-state index in [1.807, 2.05) is 0 Å². The summed E-state index contributed by atoms with van der Waals surface area (Å²) in [5, 5.41) is 8.56. The van der Waals surface area contributed by atoms with Crippen LogP contribution in [0.3, 0.4) is 0 Å². The molecule has 16 heavy (non-hydrogen) atoms. The Morgan fingerprint density at radius 1 is 1.31 bits per heavy atom. The van der Waals surface area contributed by atoms with Gasteiger partial charge in [0, 0.05) is 5.02 Å². The molecule has 0 amide bonds. The molecule has 0 aliphatic heterocycles. The van der Waals surface area contributed by atoms with Crippen LogP contribution in [0, 0.1) is 0 Å². The van der Waals surface area contributed by atoms with E-state index in [4.69, 9.17) is 16.7 Å². The Bertz CT molecular complexity index is 546. The summed E-state index contributed by atoms with van der Waals surface area (Å²) in [5.41, 5.74) is -0.105. The molecule has 0 bridgehead atoms. The Hall–Kier alpha value is -1.07. The second-order valence-electron chi connectivity index (χ2n) is 3.73. The molecule has 0 aromatic heterocycles. The molecule has 0 heterocycles. The molecule has 86 valence electrons. The SMILES string of the molecule is O=C(O)c1cc(Cl)cc(S(=O)(=O)C2CC2)c1. The van der Waals surface area contributed by atoms with Crippen molar-refractivity contribution in [1.29, 1.82) is 0 Å². The van der Waals surface area contributed by atoms with E-state index in [0.717, 1.165) is 6.07 Å². The first-order valence-corrected chi connectivity index (χ1v) is 6.61.